The van der Waals surface area contributed by atoms with E-state index in [0.717, 1.165) is 31.1 Å². The number of ether oxygens (including phenoxy) is 1. The van der Waals surface area contributed by atoms with Gasteiger partial charge in [-0.3, -0.25) is 0 Å². The van der Waals surface area contributed by atoms with Crippen molar-refractivity contribution in [1.82, 2.24) is 4.90 Å². The van der Waals surface area contributed by atoms with Crippen LogP contribution in [0.2, 0.25) is 0 Å². The summed E-state index contributed by atoms with van der Waals surface area (Å²) in [4.78, 5) is 6.95. The molecule has 2 aliphatic heterocycles. The molecule has 0 radical (unpaired) electrons. The molecule has 2 heterocycles. The topological polar surface area (TPSA) is 24.8 Å². The number of fused-ring (bicyclic) bond motifs is 2. The molecule has 1 atom stereocenters. The van der Waals surface area contributed by atoms with Crippen LogP contribution in [0.15, 0.2) is 29.3 Å². The molecule has 0 bridgehead atoms. The second kappa shape index (κ2) is 3.32. The van der Waals surface area contributed by atoms with Crippen molar-refractivity contribution < 1.29 is 4.74 Å². The molecular formula is C13H16N2O. The van der Waals surface area contributed by atoms with Gasteiger partial charge in [0.05, 0.1) is 18.2 Å². The van der Waals surface area contributed by atoms with Gasteiger partial charge in [-0.25, -0.2) is 4.99 Å². The third-order valence-electron chi connectivity index (χ3n) is 3.70. The first-order valence-electron chi connectivity index (χ1n) is 5.67. The minimum atomic E-state index is 0.0140. The maximum atomic E-state index is 5.50. The number of likely N-dealkylation sites (tertiary alicyclic amines) is 1. The second-order valence-electron chi connectivity index (χ2n) is 4.71. The average Bonchev–Trinajstić information content (AvgIpc) is 2.83. The van der Waals surface area contributed by atoms with Gasteiger partial charge in [0.15, 0.2) is 0 Å². The van der Waals surface area contributed by atoms with Crippen LogP contribution >= 0.6 is 0 Å². The summed E-state index contributed by atoms with van der Waals surface area (Å²) in [6, 6.07) is 8.38. The number of hydrogen-bond donors (Lipinski definition) is 0. The van der Waals surface area contributed by atoms with Crippen molar-refractivity contribution in [1.29, 1.82) is 0 Å². The SMILES string of the molecule is COC1=Nc2ccccc2[C@@]12CCN(C)C2. The van der Waals surface area contributed by atoms with E-state index in [9.17, 15) is 0 Å². The van der Waals surface area contributed by atoms with Crippen LogP contribution in [0.1, 0.15) is 12.0 Å². The molecule has 0 aliphatic carbocycles. The van der Waals surface area contributed by atoms with Gasteiger partial charge in [-0.1, -0.05) is 18.2 Å². The van der Waals surface area contributed by atoms with Crippen LogP contribution in [0.5, 0.6) is 0 Å². The van der Waals surface area contributed by atoms with E-state index in [-0.39, 0.29) is 5.41 Å². The highest BCUT2D eigenvalue weighted by molar-refractivity contribution is 5.97. The Hall–Kier alpha value is -1.35. The molecule has 1 aromatic carbocycles. The normalized spacial score (nSPS) is 28.2. The van der Waals surface area contributed by atoms with Crippen LogP contribution in [0.25, 0.3) is 0 Å². The van der Waals surface area contributed by atoms with E-state index in [0.29, 0.717) is 0 Å². The van der Waals surface area contributed by atoms with Gasteiger partial charge in [-0.2, -0.15) is 0 Å². The maximum absolute atomic E-state index is 5.50. The number of para-hydroxylation sites is 1. The van der Waals surface area contributed by atoms with E-state index in [1.54, 1.807) is 7.11 Å². The number of rotatable bonds is 0. The molecule has 1 fully saturated rings. The molecule has 16 heavy (non-hydrogen) atoms. The third-order valence-corrected chi connectivity index (χ3v) is 3.70. The fourth-order valence-electron chi connectivity index (χ4n) is 2.94. The standard InChI is InChI=1S/C13H16N2O/c1-15-8-7-13(9-15)10-5-3-4-6-11(10)14-12(13)16-2/h3-6H,7-9H2,1-2H3/t13-/m0/s1. The molecule has 1 saturated heterocycles. The van der Waals surface area contributed by atoms with Crippen molar-refractivity contribution in [3.63, 3.8) is 0 Å². The summed E-state index contributed by atoms with van der Waals surface area (Å²) in [5.41, 5.74) is 2.42. The molecule has 1 aromatic rings. The van der Waals surface area contributed by atoms with E-state index in [1.807, 2.05) is 6.07 Å². The van der Waals surface area contributed by atoms with E-state index < -0.39 is 0 Å². The Labute approximate surface area is 95.7 Å². The molecule has 0 aromatic heterocycles. The number of nitrogens with zero attached hydrogens (tertiary/aromatic N) is 2. The van der Waals surface area contributed by atoms with Crippen LogP contribution < -0.4 is 0 Å². The fourth-order valence-corrected chi connectivity index (χ4v) is 2.94. The summed E-state index contributed by atoms with van der Waals surface area (Å²) in [5.74, 6) is 0.887. The largest absolute Gasteiger partial charge is 0.483 e. The van der Waals surface area contributed by atoms with Crippen molar-refractivity contribution in [3.8, 4) is 0 Å². The maximum Gasteiger partial charge on any atom is 0.200 e. The molecular weight excluding hydrogens is 200 g/mol. The zero-order valence-corrected chi connectivity index (χ0v) is 9.73. The van der Waals surface area contributed by atoms with E-state index in [2.05, 4.69) is 35.1 Å². The molecule has 2 aliphatic rings. The second-order valence-corrected chi connectivity index (χ2v) is 4.71. The number of hydrogen-bond acceptors (Lipinski definition) is 3. The molecule has 0 amide bonds. The van der Waals surface area contributed by atoms with Gasteiger partial charge in [0.1, 0.15) is 0 Å². The predicted octanol–water partition coefficient (Wildman–Crippen LogP) is 1.95. The van der Waals surface area contributed by atoms with Crippen molar-refractivity contribution in [2.24, 2.45) is 4.99 Å². The minimum Gasteiger partial charge on any atom is -0.483 e. The monoisotopic (exact) mass is 216 g/mol. The first-order valence-corrected chi connectivity index (χ1v) is 5.67. The van der Waals surface area contributed by atoms with Crippen LogP contribution in [-0.2, 0) is 10.2 Å². The highest BCUT2D eigenvalue weighted by Gasteiger charge is 2.48. The third kappa shape index (κ3) is 1.15. The van der Waals surface area contributed by atoms with E-state index in [4.69, 9.17) is 4.74 Å². The lowest BCUT2D eigenvalue weighted by atomic mass is 9.80. The number of benzene rings is 1. The number of methoxy groups -OCH3 is 1. The lowest BCUT2D eigenvalue weighted by Crippen LogP contribution is -2.36. The van der Waals surface area contributed by atoms with Crippen LogP contribution in [0, 0.1) is 0 Å². The Morgan fingerprint density at radius 3 is 2.88 bits per heavy atom. The zero-order chi connectivity index (χ0) is 11.2. The average molecular weight is 216 g/mol. The molecule has 0 unspecified atom stereocenters. The Balaban J connectivity index is 2.13. The van der Waals surface area contributed by atoms with Gasteiger partial charge in [-0.05, 0) is 31.6 Å². The van der Waals surface area contributed by atoms with Crippen molar-refractivity contribution in [2.75, 3.05) is 27.2 Å². The summed E-state index contributed by atoms with van der Waals surface area (Å²) < 4.78 is 5.50. The summed E-state index contributed by atoms with van der Waals surface area (Å²) in [6.45, 7) is 2.12. The first-order chi connectivity index (χ1) is 7.76. The van der Waals surface area contributed by atoms with Crippen LogP contribution in [0.4, 0.5) is 5.69 Å². The molecule has 3 heteroatoms. The first kappa shape index (κ1) is 9.85. The quantitative estimate of drug-likeness (QED) is 0.662. The Kier molecular flexibility index (Phi) is 2.04. The molecule has 3 rings (SSSR count). The highest BCUT2D eigenvalue weighted by atomic mass is 16.5. The lowest BCUT2D eigenvalue weighted by molar-refractivity contribution is 0.340. The lowest BCUT2D eigenvalue weighted by Gasteiger charge is -2.25. The van der Waals surface area contributed by atoms with Gasteiger partial charge in [0.25, 0.3) is 0 Å². The van der Waals surface area contributed by atoms with Crippen LogP contribution in [-0.4, -0.2) is 38.0 Å². The highest BCUT2D eigenvalue weighted by Crippen LogP contribution is 2.45. The summed E-state index contributed by atoms with van der Waals surface area (Å²) >= 11 is 0. The van der Waals surface area contributed by atoms with E-state index in [1.165, 1.54) is 5.56 Å². The minimum absolute atomic E-state index is 0.0140. The van der Waals surface area contributed by atoms with Gasteiger partial charge < -0.3 is 9.64 Å². The fraction of sp³-hybridized carbons (Fsp3) is 0.462. The summed E-state index contributed by atoms with van der Waals surface area (Å²) in [5, 5.41) is 0. The number of aliphatic imine (C=N–C) groups is 1. The van der Waals surface area contributed by atoms with Gasteiger partial charge in [-0.15, -0.1) is 0 Å². The predicted molar refractivity (Wildman–Crippen MR) is 64.3 cm³/mol. The summed E-state index contributed by atoms with van der Waals surface area (Å²) in [7, 11) is 3.88. The molecule has 0 saturated carbocycles. The number of likely N-dealkylation sites (N-methyl/N-ethyl adjacent to an activating group) is 1. The Morgan fingerprint density at radius 2 is 2.19 bits per heavy atom. The van der Waals surface area contributed by atoms with Crippen molar-refractivity contribution in [3.05, 3.63) is 29.8 Å². The smallest absolute Gasteiger partial charge is 0.200 e. The van der Waals surface area contributed by atoms with Crippen molar-refractivity contribution in [2.45, 2.75) is 11.8 Å². The molecule has 1 spiro atoms. The molecule has 0 N–H and O–H groups in total. The van der Waals surface area contributed by atoms with Crippen molar-refractivity contribution >= 4 is 11.6 Å². The van der Waals surface area contributed by atoms with Gasteiger partial charge in [0.2, 0.25) is 5.90 Å². The van der Waals surface area contributed by atoms with Crippen LogP contribution in [0.3, 0.4) is 0 Å². The van der Waals surface area contributed by atoms with E-state index >= 15 is 0 Å². The Bertz CT molecular complexity index is 455. The molecule has 84 valence electrons. The Morgan fingerprint density at radius 1 is 1.38 bits per heavy atom. The van der Waals surface area contributed by atoms with Gasteiger partial charge in [0, 0.05) is 6.54 Å². The summed E-state index contributed by atoms with van der Waals surface area (Å²) in [6.07, 6.45) is 1.10. The zero-order valence-electron chi connectivity index (χ0n) is 9.73. The van der Waals surface area contributed by atoms with Gasteiger partial charge >= 0.3 is 0 Å². The molecule has 3 nitrogen and oxygen atoms in total.